The third-order valence-electron chi connectivity index (χ3n) is 3.74. The number of aryl methyl sites for hydroxylation is 1. The summed E-state index contributed by atoms with van der Waals surface area (Å²) in [5.41, 5.74) is 8.37. The number of hydrogen-bond acceptors (Lipinski definition) is 3. The third kappa shape index (κ3) is 5.73. The number of aliphatic imine (C=N–C) groups is 1. The zero-order chi connectivity index (χ0) is 14.9. The van der Waals surface area contributed by atoms with Gasteiger partial charge in [-0.15, -0.1) is 0 Å². The van der Waals surface area contributed by atoms with E-state index in [-0.39, 0.29) is 0 Å². The van der Waals surface area contributed by atoms with Gasteiger partial charge in [-0.25, -0.2) is 4.99 Å². The van der Waals surface area contributed by atoms with Gasteiger partial charge in [0, 0.05) is 19.6 Å². The van der Waals surface area contributed by atoms with E-state index in [9.17, 15) is 0 Å². The van der Waals surface area contributed by atoms with Gasteiger partial charge in [-0.3, -0.25) is 4.90 Å². The second-order valence-corrected chi connectivity index (χ2v) is 5.36. The minimum Gasteiger partial charge on any atom is -0.379 e. The van der Waals surface area contributed by atoms with Crippen LogP contribution in [0.2, 0.25) is 0 Å². The number of hydrogen-bond donors (Lipinski definition) is 2. The molecule has 0 saturated carbocycles. The van der Waals surface area contributed by atoms with Gasteiger partial charge in [-0.2, -0.15) is 0 Å². The van der Waals surface area contributed by atoms with Gasteiger partial charge in [0.2, 0.25) is 0 Å². The van der Waals surface area contributed by atoms with Crippen LogP contribution in [0.25, 0.3) is 0 Å². The topological polar surface area (TPSA) is 62.9 Å². The minimum absolute atomic E-state index is 0.528. The molecule has 1 aliphatic rings. The van der Waals surface area contributed by atoms with E-state index >= 15 is 0 Å². The Labute approximate surface area is 127 Å². The summed E-state index contributed by atoms with van der Waals surface area (Å²) in [5.74, 6) is 0.528. The monoisotopic (exact) mass is 290 g/mol. The quantitative estimate of drug-likeness (QED) is 0.468. The van der Waals surface area contributed by atoms with Crippen LogP contribution >= 0.6 is 0 Å². The van der Waals surface area contributed by atoms with Gasteiger partial charge in [0.1, 0.15) is 0 Å². The summed E-state index contributed by atoms with van der Waals surface area (Å²) < 4.78 is 5.33. The van der Waals surface area contributed by atoms with Gasteiger partial charge < -0.3 is 15.8 Å². The Balaban J connectivity index is 1.63. The zero-order valence-electron chi connectivity index (χ0n) is 12.8. The standard InChI is InChI=1S/C16H26N4O/c1-14-5-2-3-6-15(14)13-19-16(17)18-7-4-8-20-9-11-21-12-10-20/h2-3,5-6H,4,7-13H2,1H3,(H3,17,18,19). The van der Waals surface area contributed by atoms with Crippen molar-refractivity contribution in [3.05, 3.63) is 35.4 Å². The Morgan fingerprint density at radius 2 is 2.10 bits per heavy atom. The molecule has 1 aromatic rings. The summed E-state index contributed by atoms with van der Waals surface area (Å²) in [5, 5.41) is 3.18. The first-order chi connectivity index (χ1) is 10.3. The predicted octanol–water partition coefficient (Wildman–Crippen LogP) is 1.12. The SMILES string of the molecule is Cc1ccccc1CN=C(N)NCCCN1CCOCC1. The van der Waals surface area contributed by atoms with Gasteiger partial charge in [-0.05, 0) is 31.0 Å². The summed E-state index contributed by atoms with van der Waals surface area (Å²) in [6.07, 6.45) is 1.07. The molecule has 2 rings (SSSR count). The predicted molar refractivity (Wildman–Crippen MR) is 86.4 cm³/mol. The Morgan fingerprint density at radius 1 is 1.33 bits per heavy atom. The molecular weight excluding hydrogens is 264 g/mol. The number of guanidine groups is 1. The highest BCUT2D eigenvalue weighted by atomic mass is 16.5. The highest BCUT2D eigenvalue weighted by molar-refractivity contribution is 5.77. The van der Waals surface area contributed by atoms with Crippen LogP contribution < -0.4 is 11.1 Å². The highest BCUT2D eigenvalue weighted by Gasteiger charge is 2.08. The molecule has 21 heavy (non-hydrogen) atoms. The summed E-state index contributed by atoms with van der Waals surface area (Å²) in [4.78, 5) is 6.81. The lowest BCUT2D eigenvalue weighted by Gasteiger charge is -2.26. The number of rotatable bonds is 6. The van der Waals surface area contributed by atoms with Crippen LogP contribution in [0.5, 0.6) is 0 Å². The fraction of sp³-hybridized carbons (Fsp3) is 0.562. The van der Waals surface area contributed by atoms with Crippen LogP contribution in [-0.2, 0) is 11.3 Å². The van der Waals surface area contributed by atoms with Crippen molar-refractivity contribution in [3.63, 3.8) is 0 Å². The van der Waals surface area contributed by atoms with Crippen LogP contribution in [0.1, 0.15) is 17.5 Å². The van der Waals surface area contributed by atoms with Crippen molar-refractivity contribution < 1.29 is 4.74 Å². The van der Waals surface area contributed by atoms with Crippen molar-refractivity contribution in [3.8, 4) is 0 Å². The molecule has 0 bridgehead atoms. The molecule has 0 spiro atoms. The first-order valence-electron chi connectivity index (χ1n) is 7.64. The van der Waals surface area contributed by atoms with E-state index in [1.54, 1.807) is 0 Å². The summed E-state index contributed by atoms with van der Waals surface area (Å²) >= 11 is 0. The molecule has 1 aliphatic heterocycles. The van der Waals surface area contributed by atoms with Crippen molar-refractivity contribution >= 4 is 5.96 Å². The van der Waals surface area contributed by atoms with Crippen molar-refractivity contribution in [1.29, 1.82) is 0 Å². The van der Waals surface area contributed by atoms with Crippen LogP contribution in [0.15, 0.2) is 29.3 Å². The Bertz CT molecular complexity index is 455. The number of ether oxygens (including phenoxy) is 1. The Hall–Kier alpha value is -1.59. The minimum atomic E-state index is 0.528. The molecule has 3 N–H and O–H groups in total. The van der Waals surface area contributed by atoms with Crippen molar-refractivity contribution in [1.82, 2.24) is 10.2 Å². The lowest BCUT2D eigenvalue weighted by molar-refractivity contribution is 0.0376. The molecule has 1 heterocycles. The lowest BCUT2D eigenvalue weighted by Crippen LogP contribution is -2.39. The number of nitrogens with one attached hydrogen (secondary N) is 1. The zero-order valence-corrected chi connectivity index (χ0v) is 12.8. The molecule has 1 saturated heterocycles. The van der Waals surface area contributed by atoms with Crippen LogP contribution in [0.3, 0.4) is 0 Å². The number of nitrogens with zero attached hydrogens (tertiary/aromatic N) is 2. The first kappa shape index (κ1) is 15.8. The van der Waals surface area contributed by atoms with E-state index in [1.807, 2.05) is 12.1 Å². The molecule has 0 unspecified atom stereocenters. The summed E-state index contributed by atoms with van der Waals surface area (Å²) in [6, 6.07) is 8.25. The van der Waals surface area contributed by atoms with Crippen LogP contribution in [0, 0.1) is 6.92 Å². The van der Waals surface area contributed by atoms with E-state index in [2.05, 4.69) is 34.3 Å². The molecule has 0 aliphatic carbocycles. The molecule has 116 valence electrons. The van der Waals surface area contributed by atoms with Gasteiger partial charge in [0.05, 0.1) is 19.8 Å². The normalized spacial score (nSPS) is 16.9. The lowest BCUT2D eigenvalue weighted by atomic mass is 10.1. The van der Waals surface area contributed by atoms with Gasteiger partial charge >= 0.3 is 0 Å². The average molecular weight is 290 g/mol. The number of nitrogens with two attached hydrogens (primary N) is 1. The molecule has 5 heteroatoms. The highest BCUT2D eigenvalue weighted by Crippen LogP contribution is 2.07. The second-order valence-electron chi connectivity index (χ2n) is 5.36. The summed E-state index contributed by atoms with van der Waals surface area (Å²) in [7, 11) is 0. The average Bonchev–Trinajstić information content (AvgIpc) is 2.52. The third-order valence-corrected chi connectivity index (χ3v) is 3.74. The van der Waals surface area contributed by atoms with Crippen LogP contribution in [0.4, 0.5) is 0 Å². The maximum absolute atomic E-state index is 5.90. The van der Waals surface area contributed by atoms with Gasteiger partial charge in [0.15, 0.2) is 5.96 Å². The molecular formula is C16H26N4O. The largest absolute Gasteiger partial charge is 0.379 e. The molecule has 0 aromatic heterocycles. The molecule has 0 radical (unpaired) electrons. The second kappa shape index (κ2) is 8.64. The van der Waals surface area contributed by atoms with E-state index in [0.29, 0.717) is 12.5 Å². The molecule has 1 aromatic carbocycles. The van der Waals surface area contributed by atoms with Gasteiger partial charge in [0.25, 0.3) is 0 Å². The van der Waals surface area contributed by atoms with E-state index in [1.165, 1.54) is 11.1 Å². The first-order valence-corrected chi connectivity index (χ1v) is 7.64. The van der Waals surface area contributed by atoms with Crippen molar-refractivity contribution in [2.24, 2.45) is 10.7 Å². The Kier molecular flexibility index (Phi) is 6.50. The van der Waals surface area contributed by atoms with Gasteiger partial charge in [-0.1, -0.05) is 24.3 Å². The number of benzene rings is 1. The fourth-order valence-electron chi connectivity index (χ4n) is 2.36. The van der Waals surface area contributed by atoms with E-state index in [0.717, 1.165) is 45.8 Å². The fourth-order valence-corrected chi connectivity index (χ4v) is 2.36. The van der Waals surface area contributed by atoms with Crippen LogP contribution in [-0.4, -0.2) is 50.3 Å². The summed E-state index contributed by atoms with van der Waals surface area (Å²) in [6.45, 7) is 8.46. The molecule has 0 amide bonds. The Morgan fingerprint density at radius 3 is 2.86 bits per heavy atom. The molecule has 1 fully saturated rings. The van der Waals surface area contributed by atoms with Crippen molar-refractivity contribution in [2.45, 2.75) is 19.9 Å². The molecule has 5 nitrogen and oxygen atoms in total. The van der Waals surface area contributed by atoms with E-state index in [4.69, 9.17) is 10.5 Å². The number of morpholine rings is 1. The maximum atomic E-state index is 5.90. The maximum Gasteiger partial charge on any atom is 0.188 e. The van der Waals surface area contributed by atoms with E-state index < -0.39 is 0 Å². The molecule has 0 atom stereocenters. The smallest absolute Gasteiger partial charge is 0.188 e. The van der Waals surface area contributed by atoms with Crippen molar-refractivity contribution in [2.75, 3.05) is 39.4 Å².